The summed E-state index contributed by atoms with van der Waals surface area (Å²) in [6.45, 7) is 3.43. The molecule has 2 aromatic rings. The van der Waals surface area contributed by atoms with Gasteiger partial charge in [0.25, 0.3) is 0 Å². The number of rotatable bonds is 5. The Morgan fingerprint density at radius 3 is 2.90 bits per heavy atom. The number of aryl methyl sites for hydroxylation is 1. The van der Waals surface area contributed by atoms with Crippen LogP contribution in [0.25, 0.3) is 0 Å². The lowest BCUT2D eigenvalue weighted by Gasteiger charge is -2.32. The quantitative estimate of drug-likeness (QED) is 0.754. The van der Waals surface area contributed by atoms with Crippen LogP contribution < -0.4 is 10.1 Å². The molecule has 1 amide bonds. The van der Waals surface area contributed by atoms with Crippen LogP contribution in [0.15, 0.2) is 52.3 Å². The van der Waals surface area contributed by atoms with Crippen molar-refractivity contribution in [3.63, 3.8) is 0 Å². The number of ether oxygens (including phenoxy) is 1. The third-order valence-electron chi connectivity index (χ3n) is 5.50. The van der Waals surface area contributed by atoms with Gasteiger partial charge in [-0.1, -0.05) is 18.2 Å². The van der Waals surface area contributed by atoms with Crippen molar-refractivity contribution < 1.29 is 17.9 Å². The highest BCUT2D eigenvalue weighted by Crippen LogP contribution is 2.34. The molecule has 0 spiro atoms. The number of benzene rings is 2. The summed E-state index contributed by atoms with van der Waals surface area (Å²) in [5, 5.41) is 2.83. The number of fused-ring (bicyclic) bond motifs is 1. The zero-order valence-corrected chi connectivity index (χ0v) is 18.6. The van der Waals surface area contributed by atoms with Crippen molar-refractivity contribution in [3.05, 3.63) is 48.0 Å². The van der Waals surface area contributed by atoms with Crippen molar-refractivity contribution >= 4 is 33.4 Å². The molecule has 2 aromatic carbocycles. The Morgan fingerprint density at radius 2 is 2.07 bits per heavy atom. The first kappa shape index (κ1) is 21.2. The molecular formula is C22H26N2O4S2. The first-order valence-corrected chi connectivity index (χ1v) is 12.6. The Kier molecular flexibility index (Phi) is 6.36. The molecule has 6 nitrogen and oxygen atoms in total. The van der Waals surface area contributed by atoms with Gasteiger partial charge in [-0.05, 0) is 49.6 Å². The van der Waals surface area contributed by atoms with Crippen molar-refractivity contribution in [2.24, 2.45) is 5.92 Å². The van der Waals surface area contributed by atoms with Gasteiger partial charge in [0.2, 0.25) is 15.9 Å². The number of nitrogens with one attached hydrogen (secondary N) is 1. The summed E-state index contributed by atoms with van der Waals surface area (Å²) in [5.74, 6) is 1.60. The Hall–Kier alpha value is -2.03. The molecule has 160 valence electrons. The third-order valence-corrected chi connectivity index (χ3v) is 8.44. The summed E-state index contributed by atoms with van der Waals surface area (Å²) in [4.78, 5) is 13.0. The average Bonchev–Trinajstić information content (AvgIpc) is 2.93. The molecule has 30 heavy (non-hydrogen) atoms. The van der Waals surface area contributed by atoms with E-state index in [0.717, 1.165) is 29.1 Å². The lowest BCUT2D eigenvalue weighted by Crippen LogP contribution is -2.41. The van der Waals surface area contributed by atoms with Crippen LogP contribution in [0, 0.1) is 12.8 Å². The predicted molar refractivity (Wildman–Crippen MR) is 119 cm³/mol. The number of hydrogen-bond acceptors (Lipinski definition) is 5. The highest BCUT2D eigenvalue weighted by atomic mass is 32.2. The van der Waals surface area contributed by atoms with Gasteiger partial charge in [-0.3, -0.25) is 4.79 Å². The Labute approximate surface area is 182 Å². The van der Waals surface area contributed by atoms with E-state index in [1.807, 2.05) is 31.2 Å². The maximum Gasteiger partial charge on any atom is 0.243 e. The minimum absolute atomic E-state index is 0.0813. The number of carbonyl (C=O) groups excluding carboxylic acids is 1. The molecule has 1 unspecified atom stereocenters. The average molecular weight is 447 g/mol. The van der Waals surface area contributed by atoms with Gasteiger partial charge in [0, 0.05) is 36.1 Å². The second-order valence-electron chi connectivity index (χ2n) is 7.75. The van der Waals surface area contributed by atoms with E-state index >= 15 is 0 Å². The zero-order valence-electron chi connectivity index (χ0n) is 17.0. The van der Waals surface area contributed by atoms with E-state index in [4.69, 9.17) is 4.74 Å². The van der Waals surface area contributed by atoms with Crippen LogP contribution in [0.1, 0.15) is 24.8 Å². The number of carbonyl (C=O) groups is 1. The van der Waals surface area contributed by atoms with E-state index in [-0.39, 0.29) is 16.7 Å². The predicted octanol–water partition coefficient (Wildman–Crippen LogP) is 3.91. The van der Waals surface area contributed by atoms with Gasteiger partial charge in [-0.2, -0.15) is 4.31 Å². The second kappa shape index (κ2) is 8.99. The summed E-state index contributed by atoms with van der Waals surface area (Å²) in [5.41, 5.74) is 1.66. The van der Waals surface area contributed by atoms with Crippen LogP contribution in [0.3, 0.4) is 0 Å². The lowest BCUT2D eigenvalue weighted by atomic mass is 10.0. The van der Waals surface area contributed by atoms with Crippen molar-refractivity contribution in [1.29, 1.82) is 0 Å². The second-order valence-corrected chi connectivity index (χ2v) is 10.8. The van der Waals surface area contributed by atoms with Crippen molar-refractivity contribution in [3.8, 4) is 5.75 Å². The molecule has 1 fully saturated rings. The number of hydrogen-bond donors (Lipinski definition) is 1. The summed E-state index contributed by atoms with van der Waals surface area (Å²) >= 11 is 1.57. The molecule has 4 rings (SSSR count). The van der Waals surface area contributed by atoms with Crippen LogP contribution in [-0.2, 0) is 14.8 Å². The fraction of sp³-hybridized carbons (Fsp3) is 0.409. The minimum Gasteiger partial charge on any atom is -0.493 e. The molecular weight excluding hydrogens is 420 g/mol. The van der Waals surface area contributed by atoms with Gasteiger partial charge in [-0.25, -0.2) is 8.42 Å². The van der Waals surface area contributed by atoms with Crippen molar-refractivity contribution in [1.82, 2.24) is 4.31 Å². The minimum atomic E-state index is -3.63. The fourth-order valence-corrected chi connectivity index (χ4v) is 6.33. The van der Waals surface area contributed by atoms with Gasteiger partial charge in [0.05, 0.1) is 17.2 Å². The van der Waals surface area contributed by atoms with Crippen LogP contribution in [0.4, 0.5) is 5.69 Å². The topological polar surface area (TPSA) is 75.7 Å². The Morgan fingerprint density at radius 1 is 1.23 bits per heavy atom. The molecule has 0 saturated carbocycles. The monoisotopic (exact) mass is 446 g/mol. The molecule has 2 aliphatic heterocycles. The van der Waals surface area contributed by atoms with Gasteiger partial charge in [-0.15, -0.1) is 11.8 Å². The number of piperidine rings is 1. The zero-order chi connectivity index (χ0) is 21.1. The summed E-state index contributed by atoms with van der Waals surface area (Å²) in [7, 11) is -3.63. The molecule has 0 bridgehead atoms. The number of sulfonamides is 1. The molecule has 0 aliphatic carbocycles. The Bertz CT molecular complexity index is 1040. The molecule has 8 heteroatoms. The molecule has 1 atom stereocenters. The summed E-state index contributed by atoms with van der Waals surface area (Å²) in [6, 6.07) is 12.9. The van der Waals surface area contributed by atoms with Gasteiger partial charge >= 0.3 is 0 Å². The molecule has 1 saturated heterocycles. The summed E-state index contributed by atoms with van der Waals surface area (Å²) < 4.78 is 34.1. The first-order valence-electron chi connectivity index (χ1n) is 10.2. The third kappa shape index (κ3) is 4.66. The van der Waals surface area contributed by atoms with Gasteiger partial charge in [0.1, 0.15) is 5.75 Å². The van der Waals surface area contributed by atoms with E-state index in [9.17, 15) is 13.2 Å². The number of thioether (sulfide) groups is 1. The highest BCUT2D eigenvalue weighted by molar-refractivity contribution is 7.99. The van der Waals surface area contributed by atoms with E-state index in [1.54, 1.807) is 34.3 Å². The summed E-state index contributed by atoms with van der Waals surface area (Å²) in [6.07, 6.45) is 2.17. The maximum atomic E-state index is 13.3. The standard InChI is InChI=1S/C22H26N2O4S2/c1-16-5-2-3-7-20(16)28-15-17-6-4-11-24(14-17)30(26,27)18-8-9-21-19(13-18)23-22(25)10-12-29-21/h2-3,5,7-9,13,17H,4,6,10-12,14-15H2,1H3,(H,23,25). The highest BCUT2D eigenvalue weighted by Gasteiger charge is 2.31. The van der Waals surface area contributed by atoms with Crippen LogP contribution in [-0.4, -0.2) is 44.1 Å². The Balaban J connectivity index is 1.47. The lowest BCUT2D eigenvalue weighted by molar-refractivity contribution is -0.115. The molecule has 0 radical (unpaired) electrons. The largest absolute Gasteiger partial charge is 0.493 e. The van der Waals surface area contributed by atoms with E-state index in [2.05, 4.69) is 5.32 Å². The molecule has 2 heterocycles. The first-order chi connectivity index (χ1) is 14.4. The fourth-order valence-electron chi connectivity index (χ4n) is 3.82. The number of nitrogens with zero attached hydrogens (tertiary/aromatic N) is 1. The van der Waals surface area contributed by atoms with E-state index in [0.29, 0.717) is 37.6 Å². The maximum absolute atomic E-state index is 13.3. The van der Waals surface area contributed by atoms with Gasteiger partial charge in [0.15, 0.2) is 0 Å². The van der Waals surface area contributed by atoms with Crippen LogP contribution >= 0.6 is 11.8 Å². The molecule has 0 aromatic heterocycles. The van der Waals surface area contributed by atoms with E-state index in [1.165, 1.54) is 0 Å². The number of amides is 1. The SMILES string of the molecule is Cc1ccccc1OCC1CCCN(S(=O)(=O)c2ccc3c(c2)NC(=O)CCS3)C1. The van der Waals surface area contributed by atoms with Gasteiger partial charge < -0.3 is 10.1 Å². The van der Waals surface area contributed by atoms with Crippen molar-refractivity contribution in [2.75, 3.05) is 30.8 Å². The van der Waals surface area contributed by atoms with E-state index < -0.39 is 10.0 Å². The van der Waals surface area contributed by atoms with Crippen LogP contribution in [0.2, 0.25) is 0 Å². The molecule has 1 N–H and O–H groups in total. The number of para-hydroxylation sites is 1. The number of anilines is 1. The van der Waals surface area contributed by atoms with Crippen LogP contribution in [0.5, 0.6) is 5.75 Å². The molecule has 2 aliphatic rings. The van der Waals surface area contributed by atoms with Crippen molar-refractivity contribution in [2.45, 2.75) is 36.0 Å². The smallest absolute Gasteiger partial charge is 0.243 e. The normalized spacial score (nSPS) is 20.2.